The molecule has 1 fully saturated rings. The van der Waals surface area contributed by atoms with E-state index < -0.39 is 133 Å². The molecule has 1 aliphatic heterocycles. The number of hydrogen-bond acceptors (Lipinski definition) is 14. The molecule has 4 aromatic carbocycles. The largest absolute Gasteiger partial charge is 0.481 e. The van der Waals surface area contributed by atoms with E-state index in [0.29, 0.717) is 42.4 Å². The standard InChI is InChI=1S/C60H77N11O14/c1-37(72)63-46(33-38-17-6-2-7-18-38)57(81)66-44(26-16-27-50-71-85-50)55(79)69-49(36-41-23-12-5-13-24-41)60(84)67-45(29-31-52(75)76)56(80)70-48(35-40-21-10-4-11-22-40)59(83)65-43(25-14-15-32-61)54(78)68-47(34-39-19-8-3-9-20-39)58(82)64-42(53(62)77)28-30-51(73)74/h2-13,17-24,42-50,71H,14-16,25-36,61H2,1H3,(H2,62,77)(H,63,72)(H,64,82)(H,65,83)(H,66,81)(H,67,84)(H,68,78)(H,69,79)(H,70,80)(H,73,74)(H,75,76)/t42-,43-,44-,45-,46-,47-,48-,49-,50-/m0/s1. The fourth-order valence-corrected chi connectivity index (χ4v) is 9.18. The van der Waals surface area contributed by atoms with E-state index >= 15 is 0 Å². The van der Waals surface area contributed by atoms with Crippen LogP contribution in [0.3, 0.4) is 0 Å². The Bertz CT molecular complexity index is 2870. The van der Waals surface area contributed by atoms with Gasteiger partial charge in [0.05, 0.1) is 0 Å². The maximum Gasteiger partial charge on any atom is 0.303 e. The molecule has 0 spiro atoms. The summed E-state index contributed by atoms with van der Waals surface area (Å²) in [6, 6.07) is 23.3. The van der Waals surface area contributed by atoms with Gasteiger partial charge in [0.25, 0.3) is 0 Å². The number of carbonyl (C=O) groups excluding carboxylic acids is 9. The van der Waals surface area contributed by atoms with Gasteiger partial charge in [0.15, 0.2) is 6.23 Å². The summed E-state index contributed by atoms with van der Waals surface area (Å²) in [7, 11) is 0. The smallest absolute Gasteiger partial charge is 0.303 e. The molecule has 0 bridgehead atoms. The predicted octanol–water partition coefficient (Wildman–Crippen LogP) is 0.231. The van der Waals surface area contributed by atoms with E-state index in [-0.39, 0.29) is 57.7 Å². The molecule has 5 rings (SSSR count). The van der Waals surface area contributed by atoms with Crippen molar-refractivity contribution in [1.82, 2.24) is 48.0 Å². The second-order valence-electron chi connectivity index (χ2n) is 20.6. The first-order valence-corrected chi connectivity index (χ1v) is 28.2. The molecule has 25 nitrogen and oxygen atoms in total. The second-order valence-corrected chi connectivity index (χ2v) is 20.6. The van der Waals surface area contributed by atoms with Gasteiger partial charge in [0.2, 0.25) is 53.2 Å². The van der Waals surface area contributed by atoms with Crippen LogP contribution in [-0.2, 0) is 83.3 Å². The molecule has 85 heavy (non-hydrogen) atoms. The maximum atomic E-state index is 14.7. The van der Waals surface area contributed by atoms with Gasteiger partial charge in [0, 0.05) is 45.4 Å². The second kappa shape index (κ2) is 35.2. The third kappa shape index (κ3) is 24.7. The first-order chi connectivity index (χ1) is 40.8. The molecule has 1 aliphatic rings. The number of hydroxylamine groups is 1. The predicted molar refractivity (Wildman–Crippen MR) is 309 cm³/mol. The first-order valence-electron chi connectivity index (χ1n) is 28.2. The molecule has 25 heteroatoms. The van der Waals surface area contributed by atoms with Crippen LogP contribution >= 0.6 is 0 Å². The molecule has 9 amide bonds. The van der Waals surface area contributed by atoms with Gasteiger partial charge in [-0.25, -0.2) is 0 Å². The topological polar surface area (TPSA) is 411 Å². The zero-order valence-corrected chi connectivity index (χ0v) is 47.3. The molecule has 0 unspecified atom stereocenters. The number of rotatable bonds is 38. The Hall–Kier alpha value is -9.07. The molecule has 456 valence electrons. The normalized spacial score (nSPS) is 15.2. The number of unbranched alkanes of at least 4 members (excludes halogenated alkanes) is 1. The van der Waals surface area contributed by atoms with E-state index in [2.05, 4.69) is 48.0 Å². The molecule has 15 N–H and O–H groups in total. The number of amides is 9. The van der Waals surface area contributed by atoms with Crippen molar-refractivity contribution in [1.29, 1.82) is 0 Å². The first kappa shape index (κ1) is 66.7. The van der Waals surface area contributed by atoms with Gasteiger partial charge in [-0.3, -0.25) is 57.6 Å². The molecule has 4 aromatic rings. The number of carboxylic acids is 2. The molecule has 0 aromatic heterocycles. The Kier molecular flexibility index (Phi) is 27.6. The van der Waals surface area contributed by atoms with Gasteiger partial charge in [0.1, 0.15) is 48.3 Å². The summed E-state index contributed by atoms with van der Waals surface area (Å²) in [4.78, 5) is 154. The van der Waals surface area contributed by atoms with Crippen molar-refractivity contribution in [3.05, 3.63) is 144 Å². The Morgan fingerprint density at radius 3 is 1.01 bits per heavy atom. The molecule has 9 atom stereocenters. The minimum atomic E-state index is -1.65. The summed E-state index contributed by atoms with van der Waals surface area (Å²) in [5.41, 5.74) is 16.5. The number of benzene rings is 4. The lowest BCUT2D eigenvalue weighted by Gasteiger charge is -2.28. The summed E-state index contributed by atoms with van der Waals surface area (Å²) < 4.78 is 0. The lowest BCUT2D eigenvalue weighted by atomic mass is 10.0. The van der Waals surface area contributed by atoms with E-state index in [4.69, 9.17) is 16.3 Å². The average molecular weight is 1180 g/mol. The molecular weight excluding hydrogens is 1100 g/mol. The van der Waals surface area contributed by atoms with Gasteiger partial charge >= 0.3 is 11.9 Å². The minimum Gasteiger partial charge on any atom is -0.481 e. The zero-order valence-electron chi connectivity index (χ0n) is 47.3. The third-order valence-electron chi connectivity index (χ3n) is 13.8. The molecule has 1 saturated heterocycles. The Morgan fingerprint density at radius 2 is 0.706 bits per heavy atom. The highest BCUT2D eigenvalue weighted by molar-refractivity contribution is 5.98. The van der Waals surface area contributed by atoms with Crippen LogP contribution in [0.5, 0.6) is 0 Å². The summed E-state index contributed by atoms with van der Waals surface area (Å²) in [5, 5.41) is 40.3. The molecule has 1 heterocycles. The van der Waals surface area contributed by atoms with Gasteiger partial charge in [-0.2, -0.15) is 5.48 Å². The fraction of sp³-hybridized carbons (Fsp3) is 0.417. The summed E-state index contributed by atoms with van der Waals surface area (Å²) in [6.45, 7) is 1.48. The number of hydrogen-bond donors (Lipinski definition) is 13. The highest BCUT2D eigenvalue weighted by Crippen LogP contribution is 2.15. The van der Waals surface area contributed by atoms with E-state index in [1.165, 1.54) is 6.92 Å². The lowest BCUT2D eigenvalue weighted by molar-refractivity contribution is -0.139. The third-order valence-corrected chi connectivity index (χ3v) is 13.8. The van der Waals surface area contributed by atoms with E-state index in [1.54, 1.807) is 121 Å². The number of nitrogens with two attached hydrogens (primary N) is 2. The van der Waals surface area contributed by atoms with E-state index in [1.807, 2.05) is 0 Å². The number of aliphatic carboxylic acids is 2. The van der Waals surface area contributed by atoms with Crippen molar-refractivity contribution >= 4 is 65.1 Å². The van der Waals surface area contributed by atoms with Crippen molar-refractivity contribution in [2.24, 2.45) is 11.5 Å². The van der Waals surface area contributed by atoms with Crippen LogP contribution in [0.2, 0.25) is 0 Å². The molecular formula is C60H77N11O14. The molecule has 0 aliphatic carbocycles. The monoisotopic (exact) mass is 1180 g/mol. The quantitative estimate of drug-likeness (QED) is 0.0211. The zero-order chi connectivity index (χ0) is 61.7. The SMILES string of the molecule is CC(=O)N[C@@H](Cc1ccccc1)C(=O)N[C@@H](CCC[C@H]1NO1)C(=O)N[C@@H](Cc1ccccc1)C(=O)N[C@@H](CCC(=O)O)C(=O)N[C@@H](Cc1ccccc1)C(=O)N[C@@H](CCCCN)C(=O)N[C@@H](Cc1ccccc1)C(=O)N[C@@H](CCC(=O)O)C(N)=O. The number of carbonyl (C=O) groups is 11. The van der Waals surface area contributed by atoms with Gasteiger partial charge in [-0.1, -0.05) is 121 Å². The van der Waals surface area contributed by atoms with Crippen LogP contribution in [0.25, 0.3) is 0 Å². The molecule has 0 saturated carbocycles. The van der Waals surface area contributed by atoms with Crippen molar-refractivity contribution in [2.75, 3.05) is 6.54 Å². The van der Waals surface area contributed by atoms with Crippen molar-refractivity contribution in [2.45, 2.75) is 151 Å². The lowest BCUT2D eigenvalue weighted by Crippen LogP contribution is -2.61. The van der Waals surface area contributed by atoms with Gasteiger partial charge in [-0.05, 0) is 80.2 Å². The average Bonchev–Trinajstić information content (AvgIpc) is 4.52. The minimum absolute atomic E-state index is 0.0188. The Morgan fingerprint density at radius 1 is 0.424 bits per heavy atom. The van der Waals surface area contributed by atoms with Crippen LogP contribution in [0.1, 0.15) is 93.4 Å². The highest BCUT2D eigenvalue weighted by atomic mass is 16.8. The maximum absolute atomic E-state index is 14.7. The fourth-order valence-electron chi connectivity index (χ4n) is 9.18. The summed E-state index contributed by atoms with van der Waals surface area (Å²) >= 11 is 0. The Balaban J connectivity index is 1.42. The van der Waals surface area contributed by atoms with Crippen LogP contribution in [0, 0.1) is 0 Å². The van der Waals surface area contributed by atoms with Gasteiger partial charge in [-0.15, -0.1) is 0 Å². The van der Waals surface area contributed by atoms with Crippen molar-refractivity contribution in [3.63, 3.8) is 0 Å². The van der Waals surface area contributed by atoms with Crippen LogP contribution in [0.15, 0.2) is 121 Å². The number of carboxylic acid groups (broad SMARTS) is 2. The number of primary amides is 1. The summed E-state index contributed by atoms with van der Waals surface area (Å²) in [6.07, 6.45) is -0.999. The van der Waals surface area contributed by atoms with Crippen LogP contribution in [0.4, 0.5) is 0 Å². The number of nitrogens with one attached hydrogen (secondary N) is 9. The van der Waals surface area contributed by atoms with Crippen molar-refractivity contribution in [3.8, 4) is 0 Å². The van der Waals surface area contributed by atoms with Gasteiger partial charge < -0.3 is 64.2 Å². The van der Waals surface area contributed by atoms with Crippen LogP contribution < -0.4 is 59.5 Å². The molecule has 0 radical (unpaired) electrons. The summed E-state index contributed by atoms with van der Waals surface area (Å²) in [5.74, 6) is -10.1. The Labute approximate surface area is 492 Å². The van der Waals surface area contributed by atoms with Crippen molar-refractivity contribution < 1.29 is 67.8 Å². The van der Waals surface area contributed by atoms with Crippen LogP contribution in [-0.4, -0.2) is 136 Å². The van der Waals surface area contributed by atoms with E-state index in [0.717, 1.165) is 5.56 Å². The van der Waals surface area contributed by atoms with E-state index in [9.17, 15) is 63.0 Å². The highest BCUT2D eigenvalue weighted by Gasteiger charge is 2.36.